The first-order chi connectivity index (χ1) is 13.8. The first-order valence-electron chi connectivity index (χ1n) is 8.00. The Balaban J connectivity index is 1.72. The van der Waals surface area contributed by atoms with Crippen LogP contribution in [-0.4, -0.2) is 46.8 Å². The highest BCUT2D eigenvalue weighted by Gasteiger charge is 2.19. The summed E-state index contributed by atoms with van der Waals surface area (Å²) in [4.78, 5) is 48.1. The molecule has 0 bridgehead atoms. The van der Waals surface area contributed by atoms with Crippen LogP contribution < -0.4 is 10.9 Å². The predicted molar refractivity (Wildman–Crippen MR) is 95.5 cm³/mol. The van der Waals surface area contributed by atoms with Crippen LogP contribution in [0.25, 0.3) is 5.82 Å². The fourth-order valence-corrected chi connectivity index (χ4v) is 2.36. The first kappa shape index (κ1) is 19.3. The van der Waals surface area contributed by atoms with E-state index in [0.29, 0.717) is 5.82 Å². The molecular formula is C15H12N8O6. The molecule has 0 spiro atoms. The average molecular weight is 400 g/mol. The predicted octanol–water partition coefficient (Wildman–Crippen LogP) is 0.0704. The van der Waals surface area contributed by atoms with Gasteiger partial charge < -0.3 is 5.32 Å². The second-order valence-corrected chi connectivity index (χ2v) is 5.60. The number of benzene rings is 1. The molecule has 14 nitrogen and oxygen atoms in total. The van der Waals surface area contributed by atoms with E-state index in [2.05, 4.69) is 20.5 Å². The highest BCUT2D eigenvalue weighted by molar-refractivity contribution is 5.95. The Bertz CT molecular complexity index is 1110. The Labute approximate surface area is 160 Å². The second-order valence-electron chi connectivity index (χ2n) is 5.60. The number of non-ortho nitro benzene ring substituents is 2. The van der Waals surface area contributed by atoms with Gasteiger partial charge in [0.25, 0.3) is 22.8 Å². The number of rotatable bonds is 7. The monoisotopic (exact) mass is 400 g/mol. The van der Waals surface area contributed by atoms with Crippen LogP contribution in [0.15, 0.2) is 47.8 Å². The Morgan fingerprint density at radius 1 is 1.10 bits per heavy atom. The minimum absolute atomic E-state index is 0.00979. The molecule has 3 aromatic rings. The van der Waals surface area contributed by atoms with Crippen LogP contribution in [0, 0.1) is 20.2 Å². The number of nitrogens with zero attached hydrogens (tertiary/aromatic N) is 7. The van der Waals surface area contributed by atoms with Crippen LogP contribution in [0.1, 0.15) is 10.4 Å². The van der Waals surface area contributed by atoms with Crippen molar-refractivity contribution < 1.29 is 14.6 Å². The highest BCUT2D eigenvalue weighted by Crippen LogP contribution is 2.22. The van der Waals surface area contributed by atoms with Gasteiger partial charge >= 0.3 is 0 Å². The van der Waals surface area contributed by atoms with Gasteiger partial charge in [-0.05, 0) is 6.07 Å². The minimum Gasteiger partial charge on any atom is -0.350 e. The van der Waals surface area contributed by atoms with Crippen molar-refractivity contribution in [3.05, 3.63) is 79.1 Å². The molecule has 0 saturated carbocycles. The van der Waals surface area contributed by atoms with Gasteiger partial charge in [-0.3, -0.25) is 29.8 Å². The van der Waals surface area contributed by atoms with E-state index >= 15 is 0 Å². The maximum Gasteiger partial charge on any atom is 0.277 e. The van der Waals surface area contributed by atoms with E-state index in [4.69, 9.17) is 0 Å². The number of hydrogen-bond acceptors (Lipinski definition) is 9. The fraction of sp³-hybridized carbons (Fsp3) is 0.133. The summed E-state index contributed by atoms with van der Waals surface area (Å²) in [6.07, 6.45) is 2.70. The molecule has 148 valence electrons. The van der Waals surface area contributed by atoms with Crippen molar-refractivity contribution in [2.45, 2.75) is 6.54 Å². The smallest absolute Gasteiger partial charge is 0.277 e. The van der Waals surface area contributed by atoms with Gasteiger partial charge in [-0.2, -0.15) is 5.10 Å². The van der Waals surface area contributed by atoms with Crippen LogP contribution in [0.4, 0.5) is 11.4 Å². The van der Waals surface area contributed by atoms with Crippen molar-refractivity contribution in [2.75, 3.05) is 6.54 Å². The van der Waals surface area contributed by atoms with Gasteiger partial charge in [0.1, 0.15) is 12.7 Å². The molecule has 14 heteroatoms. The topological polar surface area (TPSA) is 181 Å². The number of aromatic nitrogens is 5. The third kappa shape index (κ3) is 4.44. The second kappa shape index (κ2) is 8.03. The van der Waals surface area contributed by atoms with Crippen LogP contribution in [-0.2, 0) is 6.54 Å². The van der Waals surface area contributed by atoms with E-state index in [9.17, 15) is 29.8 Å². The molecule has 1 aromatic carbocycles. The molecule has 3 rings (SSSR count). The Morgan fingerprint density at radius 3 is 2.38 bits per heavy atom. The largest absolute Gasteiger partial charge is 0.350 e. The van der Waals surface area contributed by atoms with E-state index in [1.54, 1.807) is 0 Å². The van der Waals surface area contributed by atoms with Crippen molar-refractivity contribution in [1.82, 2.24) is 29.9 Å². The van der Waals surface area contributed by atoms with Gasteiger partial charge in [0, 0.05) is 24.7 Å². The standard InChI is InChI=1S/C15H12N8O6/c24-14-2-1-13(21-9-16-8-18-21)19-20(14)4-3-17-15(25)10-5-11(22(26)27)7-12(6-10)23(28)29/h1-2,5-9H,3-4H2,(H,17,25). The summed E-state index contributed by atoms with van der Waals surface area (Å²) in [6, 6.07) is 5.34. The van der Waals surface area contributed by atoms with Crippen LogP contribution in [0.5, 0.6) is 0 Å². The molecule has 0 aliphatic heterocycles. The summed E-state index contributed by atoms with van der Waals surface area (Å²) in [5.41, 5.74) is -1.83. The molecule has 1 N–H and O–H groups in total. The van der Waals surface area contributed by atoms with Gasteiger partial charge in [-0.1, -0.05) is 0 Å². The number of nitro groups is 2. The number of hydrogen-bond donors (Lipinski definition) is 1. The van der Waals surface area contributed by atoms with E-state index < -0.39 is 32.7 Å². The van der Waals surface area contributed by atoms with E-state index in [1.807, 2.05) is 0 Å². The highest BCUT2D eigenvalue weighted by atomic mass is 16.6. The number of nitrogens with one attached hydrogen (secondary N) is 1. The number of carbonyl (C=O) groups is 1. The van der Waals surface area contributed by atoms with Crippen molar-refractivity contribution in [3.63, 3.8) is 0 Å². The van der Waals surface area contributed by atoms with Gasteiger partial charge in [0.05, 0.1) is 28.0 Å². The lowest BCUT2D eigenvalue weighted by Gasteiger charge is -2.08. The zero-order chi connectivity index (χ0) is 21.0. The average Bonchev–Trinajstić information content (AvgIpc) is 3.23. The van der Waals surface area contributed by atoms with Gasteiger partial charge in [0.15, 0.2) is 5.82 Å². The maximum absolute atomic E-state index is 12.2. The molecule has 0 fully saturated rings. The lowest BCUT2D eigenvalue weighted by molar-refractivity contribution is -0.394. The SMILES string of the molecule is O=C(NCCn1nc(-n2cncn2)ccc1=O)c1cc([N+](=O)[O-])cc([N+](=O)[O-])c1. The zero-order valence-electron chi connectivity index (χ0n) is 14.5. The summed E-state index contributed by atoms with van der Waals surface area (Å²) in [5.74, 6) is -0.431. The number of carbonyl (C=O) groups excluding carboxylic acids is 1. The van der Waals surface area contributed by atoms with Crippen LogP contribution in [0.2, 0.25) is 0 Å². The summed E-state index contributed by atoms with van der Waals surface area (Å²) < 4.78 is 2.43. The Morgan fingerprint density at radius 2 is 1.79 bits per heavy atom. The lowest BCUT2D eigenvalue weighted by atomic mass is 10.1. The van der Waals surface area contributed by atoms with E-state index in [-0.39, 0.29) is 18.7 Å². The lowest BCUT2D eigenvalue weighted by Crippen LogP contribution is -2.32. The first-order valence-corrected chi connectivity index (χ1v) is 8.00. The van der Waals surface area contributed by atoms with Gasteiger partial charge in [0.2, 0.25) is 0 Å². The van der Waals surface area contributed by atoms with Gasteiger partial charge in [-0.25, -0.2) is 14.3 Å². The number of amides is 1. The molecule has 29 heavy (non-hydrogen) atoms. The molecule has 2 aromatic heterocycles. The third-order valence-electron chi connectivity index (χ3n) is 3.70. The Kier molecular flexibility index (Phi) is 5.34. The molecule has 0 aliphatic carbocycles. The summed E-state index contributed by atoms with van der Waals surface area (Å²) in [7, 11) is 0. The van der Waals surface area contributed by atoms with Crippen molar-refractivity contribution in [2.24, 2.45) is 0 Å². The third-order valence-corrected chi connectivity index (χ3v) is 3.70. The quantitative estimate of drug-likeness (QED) is 0.424. The molecule has 0 aliphatic rings. The summed E-state index contributed by atoms with van der Waals surface area (Å²) in [6.45, 7) is -0.0623. The molecular weight excluding hydrogens is 388 g/mol. The van der Waals surface area contributed by atoms with Crippen molar-refractivity contribution in [1.29, 1.82) is 0 Å². The molecule has 2 heterocycles. The molecule has 1 amide bonds. The minimum atomic E-state index is -0.830. The molecule has 0 atom stereocenters. The molecule has 0 saturated heterocycles. The molecule has 0 unspecified atom stereocenters. The zero-order valence-corrected chi connectivity index (χ0v) is 14.5. The van der Waals surface area contributed by atoms with Gasteiger partial charge in [-0.15, -0.1) is 5.10 Å². The summed E-state index contributed by atoms with van der Waals surface area (Å²) >= 11 is 0. The van der Waals surface area contributed by atoms with Crippen molar-refractivity contribution in [3.8, 4) is 5.82 Å². The van der Waals surface area contributed by atoms with Crippen LogP contribution in [0.3, 0.4) is 0 Å². The Hall–Kier alpha value is -4.49. The van der Waals surface area contributed by atoms with E-state index in [0.717, 1.165) is 22.9 Å². The normalized spacial score (nSPS) is 10.5. The maximum atomic E-state index is 12.2. The summed E-state index contributed by atoms with van der Waals surface area (Å²) in [5, 5.41) is 32.3. The fourth-order valence-electron chi connectivity index (χ4n) is 2.36. The van der Waals surface area contributed by atoms with Crippen molar-refractivity contribution >= 4 is 17.3 Å². The number of nitro benzene ring substituents is 2. The van der Waals surface area contributed by atoms with E-state index in [1.165, 1.54) is 29.5 Å². The molecule has 0 radical (unpaired) electrons. The van der Waals surface area contributed by atoms with Crippen LogP contribution >= 0.6 is 0 Å².